The average molecular weight is 223 g/mol. The molecule has 1 aromatic carbocycles. The normalized spacial score (nSPS) is 9.88. The minimum Gasteiger partial charge on any atom is -0.494 e. The average Bonchev–Trinajstić information content (AvgIpc) is 2.30. The molecule has 0 heterocycles. The fourth-order valence-corrected chi connectivity index (χ4v) is 1.30. The first kappa shape index (κ1) is 12.5. The van der Waals surface area contributed by atoms with Crippen LogP contribution in [0.5, 0.6) is 5.75 Å². The highest BCUT2D eigenvalue weighted by molar-refractivity contribution is 5.77. The Morgan fingerprint density at radius 1 is 1.50 bits per heavy atom. The molecule has 2 N–H and O–H groups in total. The lowest BCUT2D eigenvalue weighted by molar-refractivity contribution is -0.128. The Morgan fingerprint density at radius 3 is 3.00 bits per heavy atom. The maximum Gasteiger partial charge on any atom is 0.247 e. The molecular formula is C12H17NO3. The van der Waals surface area contributed by atoms with Crippen LogP contribution in [-0.2, 0) is 11.2 Å². The topological polar surface area (TPSA) is 58.6 Å². The number of ether oxygens (including phenoxy) is 1. The smallest absolute Gasteiger partial charge is 0.247 e. The Morgan fingerprint density at radius 2 is 2.31 bits per heavy atom. The molecule has 0 saturated carbocycles. The lowest BCUT2D eigenvalue weighted by Crippen LogP contribution is -2.20. The first-order valence-electron chi connectivity index (χ1n) is 5.41. The minimum absolute atomic E-state index is 0.154. The number of carbonyl (C=O) groups excluding carboxylic acids is 1. The van der Waals surface area contributed by atoms with Crippen molar-refractivity contribution in [3.05, 3.63) is 29.8 Å². The van der Waals surface area contributed by atoms with Crippen LogP contribution in [-0.4, -0.2) is 17.7 Å². The number of unbranched alkanes of at least 4 members (excludes halogenated alkanes) is 1. The highest BCUT2D eigenvalue weighted by Gasteiger charge is 2.02. The van der Waals surface area contributed by atoms with Crippen molar-refractivity contribution >= 4 is 5.91 Å². The van der Waals surface area contributed by atoms with Crippen LogP contribution < -0.4 is 10.2 Å². The molecule has 16 heavy (non-hydrogen) atoms. The van der Waals surface area contributed by atoms with Crippen molar-refractivity contribution in [3.63, 3.8) is 0 Å². The third kappa shape index (κ3) is 4.31. The Labute approximate surface area is 95.2 Å². The van der Waals surface area contributed by atoms with E-state index in [0.717, 1.165) is 24.2 Å². The monoisotopic (exact) mass is 223 g/mol. The summed E-state index contributed by atoms with van der Waals surface area (Å²) in [5.41, 5.74) is 2.43. The van der Waals surface area contributed by atoms with Crippen LogP contribution in [0.3, 0.4) is 0 Å². The molecule has 1 amide bonds. The molecule has 0 radical (unpaired) electrons. The number of hydroxylamine groups is 1. The van der Waals surface area contributed by atoms with E-state index in [0.29, 0.717) is 6.61 Å². The second-order valence-corrected chi connectivity index (χ2v) is 3.56. The zero-order chi connectivity index (χ0) is 11.8. The van der Waals surface area contributed by atoms with Gasteiger partial charge in [-0.15, -0.1) is 0 Å². The molecular weight excluding hydrogens is 206 g/mol. The Bertz CT molecular complexity index is 339. The molecule has 1 rings (SSSR count). The second kappa shape index (κ2) is 6.85. The van der Waals surface area contributed by atoms with Gasteiger partial charge in [-0.3, -0.25) is 10.0 Å². The van der Waals surface area contributed by atoms with Crippen molar-refractivity contribution in [2.45, 2.75) is 26.2 Å². The van der Waals surface area contributed by atoms with Gasteiger partial charge in [0.2, 0.25) is 5.91 Å². The molecule has 1 aromatic rings. The van der Waals surface area contributed by atoms with E-state index in [9.17, 15) is 4.79 Å². The number of hydrogen-bond donors (Lipinski definition) is 2. The lowest BCUT2D eigenvalue weighted by atomic mass is 10.1. The van der Waals surface area contributed by atoms with E-state index in [4.69, 9.17) is 9.94 Å². The van der Waals surface area contributed by atoms with Gasteiger partial charge in [-0.2, -0.15) is 0 Å². The summed E-state index contributed by atoms with van der Waals surface area (Å²) >= 11 is 0. The number of rotatable bonds is 6. The molecule has 0 bridgehead atoms. The summed E-state index contributed by atoms with van der Waals surface area (Å²) in [5.74, 6) is 0.336. The van der Waals surface area contributed by atoms with Crippen molar-refractivity contribution in [2.24, 2.45) is 0 Å². The molecule has 4 nitrogen and oxygen atoms in total. The summed E-state index contributed by atoms with van der Waals surface area (Å²) in [6.45, 7) is 2.79. The highest BCUT2D eigenvalue weighted by Crippen LogP contribution is 2.14. The van der Waals surface area contributed by atoms with E-state index in [-0.39, 0.29) is 6.42 Å². The molecule has 0 unspecified atom stereocenters. The van der Waals surface area contributed by atoms with Gasteiger partial charge in [-0.05, 0) is 24.1 Å². The van der Waals surface area contributed by atoms with Gasteiger partial charge in [0.15, 0.2) is 0 Å². The largest absolute Gasteiger partial charge is 0.494 e. The molecule has 0 saturated heterocycles. The molecule has 88 valence electrons. The van der Waals surface area contributed by atoms with Crippen LogP contribution in [0.15, 0.2) is 24.3 Å². The van der Waals surface area contributed by atoms with Crippen LogP contribution in [0.2, 0.25) is 0 Å². The second-order valence-electron chi connectivity index (χ2n) is 3.56. The molecule has 0 fully saturated rings. The SMILES string of the molecule is CCCCOc1cccc(CC(=O)NO)c1. The Hall–Kier alpha value is -1.55. The fourth-order valence-electron chi connectivity index (χ4n) is 1.30. The lowest BCUT2D eigenvalue weighted by Gasteiger charge is -2.06. The van der Waals surface area contributed by atoms with Crippen molar-refractivity contribution < 1.29 is 14.7 Å². The van der Waals surface area contributed by atoms with Crippen LogP contribution in [0.4, 0.5) is 0 Å². The summed E-state index contributed by atoms with van der Waals surface area (Å²) < 4.78 is 5.51. The van der Waals surface area contributed by atoms with Gasteiger partial charge in [0.1, 0.15) is 5.75 Å². The highest BCUT2D eigenvalue weighted by atomic mass is 16.5. The van der Waals surface area contributed by atoms with Gasteiger partial charge >= 0.3 is 0 Å². The van der Waals surface area contributed by atoms with Crippen LogP contribution in [0.1, 0.15) is 25.3 Å². The number of benzene rings is 1. The van der Waals surface area contributed by atoms with Crippen molar-refractivity contribution in [1.82, 2.24) is 5.48 Å². The van der Waals surface area contributed by atoms with E-state index in [1.165, 1.54) is 0 Å². The maximum absolute atomic E-state index is 11.0. The maximum atomic E-state index is 11.0. The zero-order valence-corrected chi connectivity index (χ0v) is 9.40. The van der Waals surface area contributed by atoms with Gasteiger partial charge in [-0.1, -0.05) is 25.5 Å². The molecule has 0 aliphatic rings. The molecule has 0 aromatic heterocycles. The van der Waals surface area contributed by atoms with Crippen molar-refractivity contribution in [2.75, 3.05) is 6.61 Å². The summed E-state index contributed by atoms with van der Waals surface area (Å²) in [7, 11) is 0. The number of carbonyl (C=O) groups is 1. The standard InChI is InChI=1S/C12H17NO3/c1-2-3-7-16-11-6-4-5-10(8-11)9-12(14)13-15/h4-6,8,15H,2-3,7,9H2,1H3,(H,13,14). The first-order valence-corrected chi connectivity index (χ1v) is 5.41. The van der Waals surface area contributed by atoms with Gasteiger partial charge in [0.05, 0.1) is 13.0 Å². The first-order chi connectivity index (χ1) is 7.76. The predicted molar refractivity (Wildman–Crippen MR) is 60.5 cm³/mol. The summed E-state index contributed by atoms with van der Waals surface area (Å²) in [4.78, 5) is 11.0. The molecule has 0 atom stereocenters. The van der Waals surface area contributed by atoms with Gasteiger partial charge in [0.25, 0.3) is 0 Å². The van der Waals surface area contributed by atoms with E-state index >= 15 is 0 Å². The van der Waals surface area contributed by atoms with Gasteiger partial charge < -0.3 is 4.74 Å². The molecule has 0 spiro atoms. The predicted octanol–water partition coefficient (Wildman–Crippen LogP) is 1.91. The fraction of sp³-hybridized carbons (Fsp3) is 0.417. The van der Waals surface area contributed by atoms with Crippen LogP contribution >= 0.6 is 0 Å². The van der Waals surface area contributed by atoms with E-state index in [1.807, 2.05) is 24.3 Å². The minimum atomic E-state index is -0.425. The van der Waals surface area contributed by atoms with Crippen LogP contribution in [0.25, 0.3) is 0 Å². The summed E-state index contributed by atoms with van der Waals surface area (Å²) in [5, 5.41) is 8.41. The zero-order valence-electron chi connectivity index (χ0n) is 9.40. The Balaban J connectivity index is 2.53. The quantitative estimate of drug-likeness (QED) is 0.440. The van der Waals surface area contributed by atoms with Crippen LogP contribution in [0, 0.1) is 0 Å². The summed E-state index contributed by atoms with van der Waals surface area (Å²) in [6, 6.07) is 7.32. The van der Waals surface area contributed by atoms with Crippen molar-refractivity contribution in [1.29, 1.82) is 0 Å². The third-order valence-corrected chi connectivity index (χ3v) is 2.15. The number of hydrogen-bond acceptors (Lipinski definition) is 3. The van der Waals surface area contributed by atoms with Crippen molar-refractivity contribution in [3.8, 4) is 5.75 Å². The van der Waals surface area contributed by atoms with E-state index in [2.05, 4.69) is 6.92 Å². The molecule has 0 aliphatic carbocycles. The molecule has 4 heteroatoms. The summed E-state index contributed by atoms with van der Waals surface area (Å²) in [6.07, 6.45) is 2.26. The number of amides is 1. The van der Waals surface area contributed by atoms with E-state index < -0.39 is 5.91 Å². The third-order valence-electron chi connectivity index (χ3n) is 2.15. The van der Waals surface area contributed by atoms with E-state index in [1.54, 1.807) is 5.48 Å². The molecule has 0 aliphatic heterocycles. The Kier molecular flexibility index (Phi) is 5.36. The van der Waals surface area contributed by atoms with Gasteiger partial charge in [-0.25, -0.2) is 5.48 Å². The van der Waals surface area contributed by atoms with Gasteiger partial charge in [0, 0.05) is 0 Å². The number of nitrogens with one attached hydrogen (secondary N) is 1.